The second kappa shape index (κ2) is 16.6. The van der Waals surface area contributed by atoms with E-state index in [0.717, 1.165) is 12.1 Å². The fourth-order valence-corrected chi connectivity index (χ4v) is 15.2. The molecule has 10 aromatic carbocycles. The average Bonchev–Trinajstić information content (AvgIpc) is 3.76. The van der Waals surface area contributed by atoms with Crippen LogP contribution < -0.4 is 25.6 Å². The summed E-state index contributed by atoms with van der Waals surface area (Å²) < 4.78 is 0. The van der Waals surface area contributed by atoms with Crippen LogP contribution in [0.3, 0.4) is 0 Å². The maximum absolute atomic E-state index is 3.04. The van der Waals surface area contributed by atoms with Crippen LogP contribution in [-0.2, 0) is 6.42 Å². The van der Waals surface area contributed by atoms with Gasteiger partial charge in [0.2, 0.25) is 0 Å². The van der Waals surface area contributed by atoms with E-state index in [1.165, 1.54) is 87.8 Å². The Balaban J connectivity index is 1.36. The molecule has 0 heterocycles. The summed E-state index contributed by atoms with van der Waals surface area (Å²) >= 11 is 0. The standard InChI is InChI=1S/C61H45NSi/c1-8-26-45(27-9-1)57-58(46-28-10-2-11-29-46)60-53-41-23-22-32-48(53)44-54(60)61(59(57)47-30-12-3-13-31-47)62(49-33-14-4-15-34-49)55-42-24-25-43-56(55)63(50-35-16-5-17-36-50,51-37-18-6-19-38-51)52-39-20-7-21-40-52/h1-43H,44H2. The van der Waals surface area contributed by atoms with Crippen molar-refractivity contribution in [3.8, 4) is 44.5 Å². The van der Waals surface area contributed by atoms with Crippen molar-refractivity contribution in [3.05, 3.63) is 272 Å². The van der Waals surface area contributed by atoms with E-state index in [2.05, 4.69) is 266 Å². The van der Waals surface area contributed by atoms with Crippen molar-refractivity contribution in [1.29, 1.82) is 0 Å². The van der Waals surface area contributed by atoms with Gasteiger partial charge in [-0.25, -0.2) is 0 Å². The van der Waals surface area contributed by atoms with Gasteiger partial charge in [0.15, 0.2) is 8.07 Å². The second-order valence-corrected chi connectivity index (χ2v) is 20.1. The van der Waals surface area contributed by atoms with Crippen molar-refractivity contribution in [2.75, 3.05) is 4.90 Å². The van der Waals surface area contributed by atoms with Crippen LogP contribution in [-0.4, -0.2) is 8.07 Å². The molecule has 0 saturated heterocycles. The Kier molecular flexibility index (Phi) is 10.0. The van der Waals surface area contributed by atoms with E-state index < -0.39 is 8.07 Å². The summed E-state index contributed by atoms with van der Waals surface area (Å²) in [7, 11) is -3.04. The fourth-order valence-electron chi connectivity index (χ4n) is 10.3. The number of hydrogen-bond acceptors (Lipinski definition) is 1. The van der Waals surface area contributed by atoms with Crippen LogP contribution >= 0.6 is 0 Å². The third kappa shape index (κ3) is 6.55. The SMILES string of the molecule is c1ccc(-c2c3c(c(N(c4ccccc4)c4ccccc4[Si](c4ccccc4)(c4ccccc4)c4ccccc4)c(-c4ccccc4)c2-c2ccccc2)Cc2ccccc2-3)cc1. The zero-order chi connectivity index (χ0) is 42.0. The van der Waals surface area contributed by atoms with Gasteiger partial charge < -0.3 is 4.90 Å². The van der Waals surface area contributed by atoms with Gasteiger partial charge in [-0.3, -0.25) is 0 Å². The smallest absolute Gasteiger partial charge is 0.181 e. The lowest BCUT2D eigenvalue weighted by Gasteiger charge is -2.40. The average molecular weight is 820 g/mol. The number of rotatable bonds is 10. The summed E-state index contributed by atoms with van der Waals surface area (Å²) in [5.74, 6) is 0. The number of benzene rings is 10. The highest BCUT2D eigenvalue weighted by Crippen LogP contribution is 2.58. The van der Waals surface area contributed by atoms with E-state index in [9.17, 15) is 0 Å². The van der Waals surface area contributed by atoms with E-state index in [0.29, 0.717) is 0 Å². The molecule has 63 heavy (non-hydrogen) atoms. The molecule has 11 rings (SSSR count). The fraction of sp³-hybridized carbons (Fsp3) is 0.0164. The zero-order valence-electron chi connectivity index (χ0n) is 35.0. The summed E-state index contributed by atoms with van der Waals surface area (Å²) in [5.41, 5.74) is 16.1. The van der Waals surface area contributed by atoms with Crippen molar-refractivity contribution in [1.82, 2.24) is 0 Å². The van der Waals surface area contributed by atoms with Crippen LogP contribution in [0, 0.1) is 0 Å². The quantitative estimate of drug-likeness (QED) is 0.0981. The molecular formula is C61H45NSi. The molecule has 10 aromatic rings. The van der Waals surface area contributed by atoms with Crippen molar-refractivity contribution >= 4 is 45.9 Å². The first-order valence-corrected chi connectivity index (χ1v) is 23.9. The van der Waals surface area contributed by atoms with Crippen molar-refractivity contribution in [2.45, 2.75) is 6.42 Å². The van der Waals surface area contributed by atoms with Crippen molar-refractivity contribution in [2.24, 2.45) is 0 Å². The number of hydrogen-bond donors (Lipinski definition) is 0. The van der Waals surface area contributed by atoms with Crippen LogP contribution in [0.1, 0.15) is 11.1 Å². The Hall–Kier alpha value is -7.78. The first-order chi connectivity index (χ1) is 31.3. The van der Waals surface area contributed by atoms with E-state index in [1.54, 1.807) is 0 Å². The molecule has 0 unspecified atom stereocenters. The molecule has 0 saturated carbocycles. The van der Waals surface area contributed by atoms with Crippen LogP contribution in [0.25, 0.3) is 44.5 Å². The summed E-state index contributed by atoms with van der Waals surface area (Å²) in [6, 6.07) is 96.7. The van der Waals surface area contributed by atoms with Crippen LogP contribution in [0.2, 0.25) is 0 Å². The van der Waals surface area contributed by atoms with Gasteiger partial charge in [-0.05, 0) is 83.5 Å². The van der Waals surface area contributed by atoms with Gasteiger partial charge in [0.1, 0.15) is 0 Å². The molecule has 0 N–H and O–H groups in total. The highest BCUT2D eigenvalue weighted by atomic mass is 28.3. The molecular weight excluding hydrogens is 775 g/mol. The van der Waals surface area contributed by atoms with Gasteiger partial charge in [0.05, 0.1) is 5.69 Å². The minimum Gasteiger partial charge on any atom is -0.310 e. The topological polar surface area (TPSA) is 3.24 Å². The molecule has 1 aliphatic rings. The van der Waals surface area contributed by atoms with Crippen molar-refractivity contribution < 1.29 is 0 Å². The lowest BCUT2D eigenvalue weighted by Crippen LogP contribution is -2.75. The summed E-state index contributed by atoms with van der Waals surface area (Å²) in [5, 5.41) is 5.35. The number of para-hydroxylation sites is 2. The Bertz CT molecular complexity index is 3060. The molecule has 0 atom stereocenters. The van der Waals surface area contributed by atoms with Crippen molar-refractivity contribution in [3.63, 3.8) is 0 Å². The molecule has 0 aliphatic heterocycles. The molecule has 0 fully saturated rings. The number of fused-ring (bicyclic) bond motifs is 3. The summed E-state index contributed by atoms with van der Waals surface area (Å²) in [4.78, 5) is 2.64. The van der Waals surface area contributed by atoms with Gasteiger partial charge in [-0.1, -0.05) is 243 Å². The predicted molar refractivity (Wildman–Crippen MR) is 269 cm³/mol. The lowest BCUT2D eigenvalue weighted by atomic mass is 9.80. The van der Waals surface area contributed by atoms with Crippen LogP contribution in [0.15, 0.2) is 261 Å². The summed E-state index contributed by atoms with van der Waals surface area (Å²) in [6.45, 7) is 0. The Morgan fingerprint density at radius 1 is 0.317 bits per heavy atom. The van der Waals surface area contributed by atoms with Gasteiger partial charge >= 0.3 is 0 Å². The minimum absolute atomic E-state index is 0.805. The number of nitrogens with zero attached hydrogens (tertiary/aromatic N) is 1. The minimum atomic E-state index is -3.04. The highest BCUT2D eigenvalue weighted by Gasteiger charge is 2.45. The Labute approximate surface area is 371 Å². The normalized spacial score (nSPS) is 11.7. The first kappa shape index (κ1) is 38.2. The molecule has 0 amide bonds. The van der Waals surface area contributed by atoms with Gasteiger partial charge in [0, 0.05) is 28.9 Å². The van der Waals surface area contributed by atoms with E-state index in [1.807, 2.05) is 0 Å². The lowest BCUT2D eigenvalue weighted by molar-refractivity contribution is 1.20. The molecule has 0 radical (unpaired) electrons. The maximum Gasteiger partial charge on any atom is 0.181 e. The molecule has 0 bridgehead atoms. The van der Waals surface area contributed by atoms with Crippen LogP contribution in [0.5, 0.6) is 0 Å². The zero-order valence-corrected chi connectivity index (χ0v) is 36.0. The van der Waals surface area contributed by atoms with E-state index >= 15 is 0 Å². The summed E-state index contributed by atoms with van der Waals surface area (Å²) in [6.07, 6.45) is 0.805. The van der Waals surface area contributed by atoms with Gasteiger partial charge in [0.25, 0.3) is 0 Å². The first-order valence-electron chi connectivity index (χ1n) is 21.9. The Morgan fingerprint density at radius 2 is 0.698 bits per heavy atom. The largest absolute Gasteiger partial charge is 0.310 e. The molecule has 0 spiro atoms. The third-order valence-electron chi connectivity index (χ3n) is 12.8. The molecule has 298 valence electrons. The van der Waals surface area contributed by atoms with Gasteiger partial charge in [-0.2, -0.15) is 0 Å². The monoisotopic (exact) mass is 819 g/mol. The van der Waals surface area contributed by atoms with E-state index in [-0.39, 0.29) is 0 Å². The molecule has 2 heteroatoms. The second-order valence-electron chi connectivity index (χ2n) is 16.3. The highest BCUT2D eigenvalue weighted by molar-refractivity contribution is 7.20. The predicted octanol–water partition coefficient (Wildman–Crippen LogP) is 13.1. The molecule has 0 aromatic heterocycles. The van der Waals surface area contributed by atoms with Crippen LogP contribution in [0.4, 0.5) is 17.1 Å². The Morgan fingerprint density at radius 3 is 1.21 bits per heavy atom. The van der Waals surface area contributed by atoms with E-state index in [4.69, 9.17) is 0 Å². The molecule has 1 nitrogen and oxygen atoms in total. The maximum atomic E-state index is 2.64. The third-order valence-corrected chi connectivity index (χ3v) is 17.7. The number of anilines is 3. The molecule has 1 aliphatic carbocycles. The van der Waals surface area contributed by atoms with Gasteiger partial charge in [-0.15, -0.1) is 0 Å².